The number of hydrogen-bond acceptors (Lipinski definition) is 2. The molecule has 104 valence electrons. The molecule has 3 N–H and O–H groups in total. The van der Waals surface area contributed by atoms with Crippen LogP contribution in [0.25, 0.3) is 0 Å². The van der Waals surface area contributed by atoms with E-state index in [0.717, 1.165) is 25.0 Å². The zero-order valence-electron chi connectivity index (χ0n) is 10.5. The second-order valence-electron chi connectivity index (χ2n) is 5.10. The van der Waals surface area contributed by atoms with Gasteiger partial charge in [0.1, 0.15) is 0 Å². The average Bonchev–Trinajstić information content (AvgIpc) is 3.17. The van der Waals surface area contributed by atoms with Crippen LogP contribution in [-0.2, 0) is 0 Å². The Morgan fingerprint density at radius 3 is 2.58 bits per heavy atom. The number of benzene rings is 1. The summed E-state index contributed by atoms with van der Waals surface area (Å²) in [6, 6.07) is 1.94. The number of nitrogens with one attached hydrogen (secondary N) is 1. The molecule has 0 aromatic heterocycles. The Labute approximate surface area is 124 Å². The zero-order valence-corrected chi connectivity index (χ0v) is 12.6. The number of hydrogen-bond donors (Lipinski definition) is 2. The molecule has 1 unspecified atom stereocenters. The first kappa shape index (κ1) is 14.6. The first-order chi connectivity index (χ1) is 8.87. The molecular weight excluding hydrogens is 365 g/mol. The maximum absolute atomic E-state index is 13.2. The van der Waals surface area contributed by atoms with Gasteiger partial charge in [0.2, 0.25) is 0 Å². The summed E-state index contributed by atoms with van der Waals surface area (Å²) in [4.78, 5) is 12.2. The van der Waals surface area contributed by atoms with Crippen LogP contribution < -0.4 is 11.1 Å². The van der Waals surface area contributed by atoms with Crippen LogP contribution in [0.15, 0.2) is 12.1 Å². The predicted octanol–water partition coefficient (Wildman–Crippen LogP) is 2.43. The summed E-state index contributed by atoms with van der Waals surface area (Å²) >= 11 is 1.82. The van der Waals surface area contributed by atoms with E-state index in [1.807, 2.05) is 29.5 Å². The number of carbonyl (C=O) groups excluding carboxylic acids is 1. The third-order valence-electron chi connectivity index (χ3n) is 3.56. The summed E-state index contributed by atoms with van der Waals surface area (Å²) < 4.78 is 26.6. The van der Waals surface area contributed by atoms with E-state index in [4.69, 9.17) is 5.73 Å². The number of carbonyl (C=O) groups is 1. The second kappa shape index (κ2) is 5.32. The van der Waals surface area contributed by atoms with Gasteiger partial charge in [-0.25, -0.2) is 8.78 Å². The van der Waals surface area contributed by atoms with Gasteiger partial charge in [-0.1, -0.05) is 0 Å². The Balaban J connectivity index is 2.22. The fourth-order valence-corrected chi connectivity index (χ4v) is 2.74. The summed E-state index contributed by atoms with van der Waals surface area (Å²) in [5.41, 5.74) is 5.37. The molecular formula is C13H15F2IN2O. The Morgan fingerprint density at radius 1 is 1.47 bits per heavy atom. The number of halogens is 3. The average molecular weight is 380 g/mol. The first-order valence-corrected chi connectivity index (χ1v) is 7.12. The van der Waals surface area contributed by atoms with Crippen molar-refractivity contribution in [3.63, 3.8) is 0 Å². The van der Waals surface area contributed by atoms with E-state index in [1.54, 1.807) is 0 Å². The third-order valence-corrected chi connectivity index (χ3v) is 4.45. The summed E-state index contributed by atoms with van der Waals surface area (Å²) in [5.74, 6) is -2.02. The Hall–Kier alpha value is -0.760. The normalized spacial score (nSPS) is 17.9. The van der Waals surface area contributed by atoms with Crippen molar-refractivity contribution in [2.24, 2.45) is 11.7 Å². The highest BCUT2D eigenvalue weighted by Crippen LogP contribution is 2.39. The van der Waals surface area contributed by atoms with Crippen molar-refractivity contribution in [2.75, 3.05) is 6.54 Å². The minimum absolute atomic E-state index is 0.139. The van der Waals surface area contributed by atoms with Crippen LogP contribution in [0.3, 0.4) is 0 Å². The number of nitrogens with two attached hydrogens (primary N) is 1. The Morgan fingerprint density at radius 2 is 2.05 bits per heavy atom. The predicted molar refractivity (Wildman–Crippen MR) is 76.7 cm³/mol. The van der Waals surface area contributed by atoms with E-state index in [9.17, 15) is 13.6 Å². The fourth-order valence-electron chi connectivity index (χ4n) is 2.06. The molecule has 1 atom stereocenters. The van der Waals surface area contributed by atoms with Gasteiger partial charge in [-0.3, -0.25) is 4.79 Å². The molecule has 1 fully saturated rings. The maximum atomic E-state index is 13.2. The van der Waals surface area contributed by atoms with Crippen LogP contribution in [0.1, 0.15) is 30.1 Å². The van der Waals surface area contributed by atoms with Gasteiger partial charge in [0.25, 0.3) is 5.91 Å². The van der Waals surface area contributed by atoms with Crippen molar-refractivity contribution in [1.82, 2.24) is 5.32 Å². The van der Waals surface area contributed by atoms with Gasteiger partial charge in [-0.2, -0.15) is 0 Å². The monoisotopic (exact) mass is 380 g/mol. The van der Waals surface area contributed by atoms with Gasteiger partial charge in [-0.15, -0.1) is 0 Å². The molecule has 3 nitrogen and oxygen atoms in total. The molecule has 1 saturated carbocycles. The van der Waals surface area contributed by atoms with Crippen LogP contribution in [0.4, 0.5) is 8.78 Å². The van der Waals surface area contributed by atoms with Crippen LogP contribution in [-0.4, -0.2) is 18.0 Å². The molecule has 0 aliphatic heterocycles. The molecule has 1 amide bonds. The van der Waals surface area contributed by atoms with Crippen LogP contribution in [0, 0.1) is 21.1 Å². The molecule has 1 aliphatic carbocycles. The standard InChI is InChI=1S/C13H15F2IN2O/c1-13(6-17,7-2-3-7)18-12(19)8-4-9(14)10(15)5-11(8)16/h4-5,7H,2-3,6,17H2,1H3,(H,18,19). The van der Waals surface area contributed by atoms with Crippen molar-refractivity contribution in [2.45, 2.75) is 25.3 Å². The SMILES string of the molecule is CC(CN)(NC(=O)c1cc(F)c(F)cc1I)C1CC1. The number of rotatable bonds is 4. The summed E-state index contributed by atoms with van der Waals surface area (Å²) in [7, 11) is 0. The lowest BCUT2D eigenvalue weighted by atomic mass is 9.95. The quantitative estimate of drug-likeness (QED) is 0.623. The van der Waals surface area contributed by atoms with Gasteiger partial charge < -0.3 is 11.1 Å². The zero-order chi connectivity index (χ0) is 14.2. The van der Waals surface area contributed by atoms with Crippen LogP contribution in [0.5, 0.6) is 0 Å². The molecule has 0 bridgehead atoms. The minimum Gasteiger partial charge on any atom is -0.345 e. The second-order valence-corrected chi connectivity index (χ2v) is 6.26. The van der Waals surface area contributed by atoms with Gasteiger partial charge in [0.15, 0.2) is 11.6 Å². The largest absolute Gasteiger partial charge is 0.345 e. The van der Waals surface area contributed by atoms with Crippen molar-refractivity contribution in [3.05, 3.63) is 32.9 Å². The summed E-state index contributed by atoms with van der Waals surface area (Å²) in [6.45, 7) is 2.21. The van der Waals surface area contributed by atoms with Gasteiger partial charge in [0.05, 0.1) is 11.1 Å². The highest BCUT2D eigenvalue weighted by molar-refractivity contribution is 14.1. The van der Waals surface area contributed by atoms with E-state index < -0.39 is 23.1 Å². The topological polar surface area (TPSA) is 55.1 Å². The fraction of sp³-hybridized carbons (Fsp3) is 0.462. The summed E-state index contributed by atoms with van der Waals surface area (Å²) in [5, 5.41) is 2.85. The molecule has 0 saturated heterocycles. The lowest BCUT2D eigenvalue weighted by Gasteiger charge is -2.29. The molecule has 2 rings (SSSR count). The van der Waals surface area contributed by atoms with Crippen molar-refractivity contribution >= 4 is 28.5 Å². The molecule has 6 heteroatoms. The first-order valence-electron chi connectivity index (χ1n) is 6.04. The van der Waals surface area contributed by atoms with Crippen LogP contribution >= 0.6 is 22.6 Å². The molecule has 1 aromatic rings. The van der Waals surface area contributed by atoms with E-state index in [-0.39, 0.29) is 5.56 Å². The van der Waals surface area contributed by atoms with E-state index >= 15 is 0 Å². The van der Waals surface area contributed by atoms with Crippen molar-refractivity contribution in [1.29, 1.82) is 0 Å². The third kappa shape index (κ3) is 3.05. The van der Waals surface area contributed by atoms with Crippen LogP contribution in [0.2, 0.25) is 0 Å². The molecule has 1 aromatic carbocycles. The molecule has 1 aliphatic rings. The number of amides is 1. The van der Waals surface area contributed by atoms with Gasteiger partial charge >= 0.3 is 0 Å². The Kier molecular flexibility index (Phi) is 4.10. The molecule has 19 heavy (non-hydrogen) atoms. The molecule has 0 spiro atoms. The van der Waals surface area contributed by atoms with Crippen molar-refractivity contribution in [3.8, 4) is 0 Å². The molecule has 0 heterocycles. The van der Waals surface area contributed by atoms with E-state index in [2.05, 4.69) is 5.32 Å². The van der Waals surface area contributed by atoms with E-state index in [0.29, 0.717) is 16.0 Å². The minimum atomic E-state index is -1.02. The van der Waals surface area contributed by atoms with Gasteiger partial charge in [0, 0.05) is 10.1 Å². The Bertz CT molecular complexity index is 520. The smallest absolute Gasteiger partial charge is 0.252 e. The maximum Gasteiger partial charge on any atom is 0.252 e. The molecule has 0 radical (unpaired) electrons. The summed E-state index contributed by atoms with van der Waals surface area (Å²) in [6.07, 6.45) is 2.06. The lowest BCUT2D eigenvalue weighted by Crippen LogP contribution is -2.53. The van der Waals surface area contributed by atoms with Gasteiger partial charge in [-0.05, 0) is 60.4 Å². The lowest BCUT2D eigenvalue weighted by molar-refractivity contribution is 0.0896. The highest BCUT2D eigenvalue weighted by Gasteiger charge is 2.41. The van der Waals surface area contributed by atoms with E-state index in [1.165, 1.54) is 0 Å². The van der Waals surface area contributed by atoms with Crippen molar-refractivity contribution < 1.29 is 13.6 Å². The highest BCUT2D eigenvalue weighted by atomic mass is 127.